The Morgan fingerprint density at radius 2 is 2.13 bits per heavy atom. The lowest BCUT2D eigenvalue weighted by atomic mass is 10.2. The molecule has 1 rings (SSSR count). The normalized spacial score (nSPS) is 11.9. The van der Waals surface area contributed by atoms with Gasteiger partial charge in [0.15, 0.2) is 0 Å². The Hall–Kier alpha value is -1.55. The highest BCUT2D eigenvalue weighted by Gasteiger charge is 2.05. The van der Waals surface area contributed by atoms with Crippen molar-refractivity contribution in [2.45, 2.75) is 12.8 Å². The molecule has 4 heteroatoms. The summed E-state index contributed by atoms with van der Waals surface area (Å²) in [5.41, 5.74) is 0.956. The maximum atomic E-state index is 11.2. The summed E-state index contributed by atoms with van der Waals surface area (Å²) in [5, 5.41) is 5.29. The molecule has 1 aromatic rings. The fourth-order valence-corrected chi connectivity index (χ4v) is 0.979. The lowest BCUT2D eigenvalue weighted by Crippen LogP contribution is -2.41. The van der Waals surface area contributed by atoms with Gasteiger partial charge in [-0.15, -0.1) is 0 Å². The molecule has 0 aliphatic rings. The first-order valence-corrected chi connectivity index (χ1v) is 4.70. The maximum absolute atomic E-state index is 11.2. The van der Waals surface area contributed by atoms with Crippen molar-refractivity contribution in [2.24, 2.45) is 0 Å². The Morgan fingerprint density at radius 3 is 2.73 bits per heavy atom. The molecule has 0 bridgehead atoms. The fourth-order valence-electron chi connectivity index (χ4n) is 0.979. The average Bonchev–Trinajstić information content (AvgIpc) is 2.27. The number of benzene rings is 1. The molecule has 0 aromatic heterocycles. The highest BCUT2D eigenvalue weighted by atomic mass is 16.5. The topological polar surface area (TPSA) is 50.4 Å². The van der Waals surface area contributed by atoms with Crippen LogP contribution < -0.4 is 10.6 Å². The smallest absolute Gasteiger partial charge is 0.408 e. The molecule has 0 heterocycles. The number of ether oxygens (including phenoxy) is 1. The number of hydrogen-bond acceptors (Lipinski definition) is 3. The van der Waals surface area contributed by atoms with Gasteiger partial charge in [0, 0.05) is 0 Å². The van der Waals surface area contributed by atoms with Crippen LogP contribution in [0.5, 0.6) is 0 Å². The summed E-state index contributed by atoms with van der Waals surface area (Å²) in [5.74, 6) is 0. The van der Waals surface area contributed by atoms with Gasteiger partial charge in [-0.25, -0.2) is 4.79 Å². The first kappa shape index (κ1) is 11.5. The van der Waals surface area contributed by atoms with Crippen molar-refractivity contribution >= 4 is 6.09 Å². The fraction of sp³-hybridized carbons (Fsp3) is 0.273. The van der Waals surface area contributed by atoms with Crippen LogP contribution >= 0.6 is 0 Å². The van der Waals surface area contributed by atoms with Gasteiger partial charge in [-0.05, 0) is 19.5 Å². The summed E-state index contributed by atoms with van der Waals surface area (Å²) in [7, 11) is 1.70. The van der Waals surface area contributed by atoms with Gasteiger partial charge in [0.05, 0.1) is 6.17 Å². The molecule has 1 aromatic carbocycles. The van der Waals surface area contributed by atoms with Gasteiger partial charge in [0.1, 0.15) is 6.61 Å². The quantitative estimate of drug-likeness (QED) is 0.731. The van der Waals surface area contributed by atoms with Crippen LogP contribution in [0.2, 0.25) is 0 Å². The van der Waals surface area contributed by atoms with E-state index in [4.69, 9.17) is 4.74 Å². The van der Waals surface area contributed by atoms with Crippen LogP contribution in [0.3, 0.4) is 0 Å². The number of hydrogen-bond donors (Lipinski definition) is 2. The van der Waals surface area contributed by atoms with Crippen molar-refractivity contribution in [1.29, 1.82) is 0 Å². The van der Waals surface area contributed by atoms with Gasteiger partial charge in [0.25, 0.3) is 0 Å². The van der Waals surface area contributed by atoms with Crippen LogP contribution in [0.25, 0.3) is 0 Å². The van der Waals surface area contributed by atoms with Crippen LogP contribution in [0.4, 0.5) is 4.79 Å². The molecular formula is C11H15N2O2. The predicted octanol–water partition coefficient (Wildman–Crippen LogP) is 1.29. The van der Waals surface area contributed by atoms with Gasteiger partial charge in [-0.1, -0.05) is 30.3 Å². The number of amides is 1. The molecule has 81 valence electrons. The van der Waals surface area contributed by atoms with Gasteiger partial charge < -0.3 is 15.4 Å². The minimum Gasteiger partial charge on any atom is -0.445 e. The van der Waals surface area contributed by atoms with Crippen LogP contribution in [0.15, 0.2) is 30.3 Å². The SMILES string of the molecule is [CH2]C(NC)NC(=O)OCc1ccccc1. The second-order valence-corrected chi connectivity index (χ2v) is 3.05. The number of rotatable bonds is 4. The molecule has 1 atom stereocenters. The van der Waals surface area contributed by atoms with Crippen molar-refractivity contribution < 1.29 is 9.53 Å². The summed E-state index contributed by atoms with van der Waals surface area (Å²) < 4.78 is 4.97. The third kappa shape index (κ3) is 4.46. The van der Waals surface area contributed by atoms with E-state index in [1.165, 1.54) is 0 Å². The van der Waals surface area contributed by atoms with E-state index < -0.39 is 6.09 Å². The lowest BCUT2D eigenvalue weighted by molar-refractivity contribution is 0.136. The van der Waals surface area contributed by atoms with E-state index in [0.717, 1.165) is 5.56 Å². The molecule has 0 fully saturated rings. The van der Waals surface area contributed by atoms with E-state index in [2.05, 4.69) is 17.6 Å². The van der Waals surface area contributed by atoms with Crippen molar-refractivity contribution in [3.05, 3.63) is 42.8 Å². The Balaban J connectivity index is 2.29. The maximum Gasteiger partial charge on any atom is 0.408 e. The third-order valence-corrected chi connectivity index (χ3v) is 1.85. The highest BCUT2D eigenvalue weighted by Crippen LogP contribution is 2.00. The molecule has 2 N–H and O–H groups in total. The predicted molar refractivity (Wildman–Crippen MR) is 58.0 cm³/mol. The van der Waals surface area contributed by atoms with Crippen molar-refractivity contribution in [1.82, 2.24) is 10.6 Å². The molecule has 1 radical (unpaired) electrons. The summed E-state index contributed by atoms with van der Waals surface area (Å²) in [6, 6.07) is 9.50. The molecular weight excluding hydrogens is 192 g/mol. The Labute approximate surface area is 89.6 Å². The van der Waals surface area contributed by atoms with E-state index in [-0.39, 0.29) is 12.8 Å². The molecule has 0 aliphatic carbocycles. The molecule has 1 amide bonds. The van der Waals surface area contributed by atoms with E-state index in [0.29, 0.717) is 0 Å². The first-order valence-electron chi connectivity index (χ1n) is 4.70. The molecule has 0 saturated carbocycles. The lowest BCUT2D eigenvalue weighted by Gasteiger charge is -2.12. The summed E-state index contributed by atoms with van der Waals surface area (Å²) in [4.78, 5) is 11.2. The Bertz CT molecular complexity index is 301. The first-order chi connectivity index (χ1) is 7.22. The minimum absolute atomic E-state index is 0.267. The monoisotopic (exact) mass is 207 g/mol. The standard InChI is InChI=1S/C11H15N2O2/c1-9(12-2)13-11(14)15-8-10-6-4-3-5-7-10/h3-7,9,12H,1,8H2,2H3,(H,13,14). The van der Waals surface area contributed by atoms with E-state index in [9.17, 15) is 4.79 Å². The van der Waals surface area contributed by atoms with Gasteiger partial charge >= 0.3 is 6.09 Å². The Kier molecular flexibility index (Phi) is 4.63. The number of nitrogens with one attached hydrogen (secondary N) is 2. The molecule has 15 heavy (non-hydrogen) atoms. The van der Waals surface area contributed by atoms with E-state index >= 15 is 0 Å². The van der Waals surface area contributed by atoms with E-state index in [1.807, 2.05) is 30.3 Å². The summed E-state index contributed by atoms with van der Waals surface area (Å²) >= 11 is 0. The largest absolute Gasteiger partial charge is 0.445 e. The Morgan fingerprint density at radius 1 is 1.47 bits per heavy atom. The van der Waals surface area contributed by atoms with Crippen LogP contribution in [-0.2, 0) is 11.3 Å². The van der Waals surface area contributed by atoms with Crippen LogP contribution in [0.1, 0.15) is 5.56 Å². The average molecular weight is 207 g/mol. The number of carbonyl (C=O) groups excluding carboxylic acids is 1. The van der Waals surface area contributed by atoms with Crippen LogP contribution in [-0.4, -0.2) is 19.3 Å². The zero-order valence-electron chi connectivity index (χ0n) is 8.69. The van der Waals surface area contributed by atoms with Gasteiger partial charge in [-0.2, -0.15) is 0 Å². The van der Waals surface area contributed by atoms with Gasteiger partial charge in [-0.3, -0.25) is 0 Å². The molecule has 0 saturated heterocycles. The van der Waals surface area contributed by atoms with Crippen molar-refractivity contribution in [3.8, 4) is 0 Å². The number of alkyl carbamates (subject to hydrolysis) is 1. The summed E-state index contributed by atoms with van der Waals surface area (Å²) in [6.45, 7) is 3.90. The number of carbonyl (C=O) groups is 1. The minimum atomic E-state index is -0.479. The van der Waals surface area contributed by atoms with Gasteiger partial charge in [0.2, 0.25) is 0 Å². The molecule has 0 spiro atoms. The zero-order chi connectivity index (χ0) is 11.1. The zero-order valence-corrected chi connectivity index (χ0v) is 8.69. The molecule has 1 unspecified atom stereocenters. The third-order valence-electron chi connectivity index (χ3n) is 1.85. The second-order valence-electron chi connectivity index (χ2n) is 3.05. The van der Waals surface area contributed by atoms with Crippen molar-refractivity contribution in [3.63, 3.8) is 0 Å². The highest BCUT2D eigenvalue weighted by molar-refractivity contribution is 5.67. The second kappa shape index (κ2) is 6.03. The molecule has 0 aliphatic heterocycles. The summed E-state index contributed by atoms with van der Waals surface area (Å²) in [6.07, 6.45) is -0.818. The van der Waals surface area contributed by atoms with Crippen molar-refractivity contribution in [2.75, 3.05) is 7.05 Å². The molecule has 4 nitrogen and oxygen atoms in total. The van der Waals surface area contributed by atoms with E-state index in [1.54, 1.807) is 7.05 Å². The van der Waals surface area contributed by atoms with Crippen LogP contribution in [0, 0.1) is 6.92 Å².